The number of hydrogen-bond acceptors (Lipinski definition) is 3. The molecule has 108 valence electrons. The second-order valence-corrected chi connectivity index (χ2v) is 6.27. The van der Waals surface area contributed by atoms with Crippen molar-refractivity contribution in [1.29, 1.82) is 0 Å². The lowest BCUT2D eigenvalue weighted by Crippen LogP contribution is -2.32. The highest BCUT2D eigenvalue weighted by Crippen LogP contribution is 2.36. The monoisotopic (exact) mass is 367 g/mol. The highest BCUT2D eigenvalue weighted by molar-refractivity contribution is 9.10. The number of alkyl halides is 3. The minimum atomic E-state index is -4.34. The van der Waals surface area contributed by atoms with E-state index in [0.29, 0.717) is 15.7 Å². The number of ketones is 1. The third kappa shape index (κ3) is 3.01. The van der Waals surface area contributed by atoms with Crippen LogP contribution in [-0.4, -0.2) is 29.5 Å². The summed E-state index contributed by atoms with van der Waals surface area (Å²) in [5, 5.41) is 0. The number of rotatable bonds is 3. The van der Waals surface area contributed by atoms with E-state index in [1.54, 1.807) is 13.0 Å². The highest BCUT2D eigenvalue weighted by Gasteiger charge is 2.37. The molecular weight excluding hydrogens is 359 g/mol. The molecule has 0 unspecified atom stereocenters. The van der Waals surface area contributed by atoms with Crippen LogP contribution in [0.2, 0.25) is 0 Å². The molecule has 2 rings (SSSR count). The number of carbonyl (C=O) groups is 2. The van der Waals surface area contributed by atoms with Crippen molar-refractivity contribution >= 4 is 45.1 Å². The van der Waals surface area contributed by atoms with Crippen LogP contribution in [0.25, 0.3) is 0 Å². The zero-order valence-corrected chi connectivity index (χ0v) is 12.7. The van der Waals surface area contributed by atoms with Gasteiger partial charge in [0, 0.05) is 16.8 Å². The summed E-state index contributed by atoms with van der Waals surface area (Å²) in [4.78, 5) is 24.8. The Balaban J connectivity index is 2.25. The van der Waals surface area contributed by atoms with Gasteiger partial charge in [-0.05, 0) is 36.4 Å². The lowest BCUT2D eigenvalue weighted by Gasteiger charge is -2.18. The Kier molecular flexibility index (Phi) is 4.15. The molecule has 8 heteroatoms. The smallest absolute Gasteiger partial charge is 0.304 e. The number of carbonyl (C=O) groups excluding carboxylic acids is 2. The first-order chi connectivity index (χ1) is 9.20. The Morgan fingerprint density at radius 2 is 1.95 bits per heavy atom. The van der Waals surface area contributed by atoms with Crippen LogP contribution in [0.1, 0.15) is 15.9 Å². The molecule has 3 nitrogen and oxygen atoms in total. The van der Waals surface area contributed by atoms with Crippen molar-refractivity contribution in [2.24, 2.45) is 0 Å². The Labute approximate surface area is 125 Å². The third-order valence-corrected chi connectivity index (χ3v) is 3.97. The zero-order chi connectivity index (χ0) is 15.1. The summed E-state index contributed by atoms with van der Waals surface area (Å²) in [6, 6.07) is 3.23. The maximum absolute atomic E-state index is 12.1. The van der Waals surface area contributed by atoms with E-state index in [2.05, 4.69) is 15.9 Å². The van der Waals surface area contributed by atoms with E-state index in [4.69, 9.17) is 0 Å². The van der Waals surface area contributed by atoms with E-state index in [1.807, 2.05) is 0 Å². The molecule has 1 amide bonds. The van der Waals surface area contributed by atoms with Gasteiger partial charge in [0.05, 0.1) is 11.3 Å². The highest BCUT2D eigenvalue weighted by atomic mass is 79.9. The fourth-order valence-electron chi connectivity index (χ4n) is 2.07. The molecule has 1 heterocycles. The van der Waals surface area contributed by atoms with Gasteiger partial charge in [0.25, 0.3) is 11.7 Å². The minimum absolute atomic E-state index is 0.149. The van der Waals surface area contributed by atoms with Gasteiger partial charge in [0.2, 0.25) is 0 Å². The number of halogens is 4. The van der Waals surface area contributed by atoms with Gasteiger partial charge in [0.1, 0.15) is 0 Å². The molecule has 1 aromatic rings. The predicted molar refractivity (Wildman–Crippen MR) is 74.1 cm³/mol. The fraction of sp³-hybridized carbons (Fsp3) is 0.333. The second kappa shape index (κ2) is 5.40. The van der Waals surface area contributed by atoms with Gasteiger partial charge in [-0.25, -0.2) is 0 Å². The Hall–Kier alpha value is -1.02. The van der Waals surface area contributed by atoms with E-state index in [0.717, 1.165) is 4.90 Å². The molecular formula is C12H9BrF3NO2S. The quantitative estimate of drug-likeness (QED) is 0.766. The van der Waals surface area contributed by atoms with Gasteiger partial charge in [-0.1, -0.05) is 15.9 Å². The molecule has 1 aliphatic heterocycles. The molecule has 0 bridgehead atoms. The summed E-state index contributed by atoms with van der Waals surface area (Å²) in [5.41, 5.74) is -3.03. The number of aryl methyl sites for hydroxylation is 1. The van der Waals surface area contributed by atoms with Gasteiger partial charge >= 0.3 is 5.51 Å². The molecule has 0 N–H and O–H groups in total. The number of hydrogen-bond donors (Lipinski definition) is 0. The standard InChI is InChI=1S/C12H9BrF3NO2S/c1-6-4-7(13)5-8-9(6)17(11(19)10(8)18)2-3-20-12(14,15)16/h4-5H,2-3H2,1H3. The van der Waals surface area contributed by atoms with Crippen LogP contribution in [-0.2, 0) is 4.79 Å². The van der Waals surface area contributed by atoms with Gasteiger partial charge in [-0.15, -0.1) is 0 Å². The number of nitrogens with zero attached hydrogens (tertiary/aromatic N) is 1. The van der Waals surface area contributed by atoms with E-state index in [-0.39, 0.29) is 29.6 Å². The topological polar surface area (TPSA) is 37.4 Å². The largest absolute Gasteiger partial charge is 0.441 e. The first-order valence-corrected chi connectivity index (χ1v) is 7.35. The van der Waals surface area contributed by atoms with Crippen LogP contribution < -0.4 is 4.90 Å². The van der Waals surface area contributed by atoms with Crippen LogP contribution >= 0.6 is 27.7 Å². The third-order valence-electron chi connectivity index (χ3n) is 2.80. The van der Waals surface area contributed by atoms with E-state index >= 15 is 0 Å². The molecule has 1 aromatic carbocycles. The molecule has 0 saturated heterocycles. The summed E-state index contributed by atoms with van der Waals surface area (Å²) in [5.74, 6) is -1.76. The summed E-state index contributed by atoms with van der Waals surface area (Å²) in [7, 11) is 0. The molecule has 0 saturated carbocycles. The summed E-state index contributed by atoms with van der Waals surface area (Å²) in [6.07, 6.45) is 0. The lowest BCUT2D eigenvalue weighted by molar-refractivity contribution is -0.114. The maximum Gasteiger partial charge on any atom is 0.441 e. The molecule has 0 atom stereocenters. The van der Waals surface area contributed by atoms with Gasteiger partial charge in [-0.2, -0.15) is 13.2 Å². The van der Waals surface area contributed by atoms with Crippen molar-refractivity contribution in [3.63, 3.8) is 0 Å². The minimum Gasteiger partial charge on any atom is -0.304 e. The number of anilines is 1. The number of Topliss-reactive ketones (excluding diaryl/α,β-unsaturated/α-hetero) is 1. The Bertz CT molecular complexity index is 589. The lowest BCUT2D eigenvalue weighted by atomic mass is 10.1. The molecule has 0 aromatic heterocycles. The first kappa shape index (κ1) is 15.4. The van der Waals surface area contributed by atoms with Crippen LogP contribution in [0.15, 0.2) is 16.6 Å². The zero-order valence-electron chi connectivity index (χ0n) is 10.3. The average Bonchev–Trinajstić information content (AvgIpc) is 2.53. The van der Waals surface area contributed by atoms with Crippen molar-refractivity contribution in [3.05, 3.63) is 27.7 Å². The van der Waals surface area contributed by atoms with Crippen LogP contribution in [0.4, 0.5) is 18.9 Å². The molecule has 0 radical (unpaired) electrons. The molecule has 1 aliphatic rings. The van der Waals surface area contributed by atoms with Crippen LogP contribution in [0.5, 0.6) is 0 Å². The van der Waals surface area contributed by atoms with Gasteiger partial charge in [-0.3, -0.25) is 9.59 Å². The van der Waals surface area contributed by atoms with E-state index in [9.17, 15) is 22.8 Å². The Morgan fingerprint density at radius 3 is 2.55 bits per heavy atom. The molecule has 0 fully saturated rings. The fourth-order valence-corrected chi connectivity index (χ4v) is 3.15. The second-order valence-electron chi connectivity index (χ2n) is 4.20. The van der Waals surface area contributed by atoms with Gasteiger partial charge in [0.15, 0.2) is 0 Å². The van der Waals surface area contributed by atoms with Crippen molar-refractivity contribution in [3.8, 4) is 0 Å². The average molecular weight is 368 g/mol. The summed E-state index contributed by atoms with van der Waals surface area (Å²) < 4.78 is 37.0. The SMILES string of the molecule is Cc1cc(Br)cc2c1N(CCSC(F)(F)F)C(=O)C2=O. The van der Waals surface area contributed by atoms with E-state index < -0.39 is 17.2 Å². The molecule has 0 spiro atoms. The van der Waals surface area contributed by atoms with Crippen molar-refractivity contribution in [2.45, 2.75) is 12.4 Å². The number of amides is 1. The number of fused-ring (bicyclic) bond motifs is 1. The van der Waals surface area contributed by atoms with Crippen molar-refractivity contribution in [1.82, 2.24) is 0 Å². The van der Waals surface area contributed by atoms with E-state index in [1.165, 1.54) is 6.07 Å². The van der Waals surface area contributed by atoms with Gasteiger partial charge < -0.3 is 4.90 Å². The molecule has 20 heavy (non-hydrogen) atoms. The summed E-state index contributed by atoms with van der Waals surface area (Å²) in [6.45, 7) is 1.56. The maximum atomic E-state index is 12.1. The van der Waals surface area contributed by atoms with Crippen LogP contribution in [0, 0.1) is 6.92 Å². The van der Waals surface area contributed by atoms with Crippen molar-refractivity contribution < 1.29 is 22.8 Å². The predicted octanol–water partition coefficient (Wildman–Crippen LogP) is 3.54. The van der Waals surface area contributed by atoms with Crippen LogP contribution in [0.3, 0.4) is 0 Å². The Morgan fingerprint density at radius 1 is 1.30 bits per heavy atom. The molecule has 0 aliphatic carbocycles. The first-order valence-electron chi connectivity index (χ1n) is 5.58. The normalized spacial score (nSPS) is 14.9. The number of benzene rings is 1. The van der Waals surface area contributed by atoms with Crippen molar-refractivity contribution in [2.75, 3.05) is 17.2 Å². The number of thioether (sulfide) groups is 1. The summed E-state index contributed by atoms with van der Waals surface area (Å²) >= 11 is 3.02.